The zero-order valence-electron chi connectivity index (χ0n) is 11.1. The van der Waals surface area contributed by atoms with Crippen LogP contribution in [-0.2, 0) is 7.05 Å². The molecule has 18 heavy (non-hydrogen) atoms. The summed E-state index contributed by atoms with van der Waals surface area (Å²) in [7, 11) is 1.84. The van der Waals surface area contributed by atoms with E-state index < -0.39 is 0 Å². The third-order valence-electron chi connectivity index (χ3n) is 3.06. The van der Waals surface area contributed by atoms with Gasteiger partial charge >= 0.3 is 0 Å². The molecular weight excluding hydrogens is 224 g/mol. The van der Waals surface area contributed by atoms with Crippen LogP contribution in [0.15, 0.2) is 18.2 Å². The van der Waals surface area contributed by atoms with Crippen molar-refractivity contribution in [2.75, 3.05) is 5.32 Å². The summed E-state index contributed by atoms with van der Waals surface area (Å²) < 4.78 is 1.71. The van der Waals surface area contributed by atoms with Crippen molar-refractivity contribution < 1.29 is 0 Å². The summed E-state index contributed by atoms with van der Waals surface area (Å²) in [5.74, 6) is 0.743. The summed E-state index contributed by atoms with van der Waals surface area (Å²) in [6.07, 6.45) is 0. The van der Waals surface area contributed by atoms with Gasteiger partial charge in [-0.2, -0.15) is 10.4 Å². The molecule has 2 aromatic rings. The predicted octanol–water partition coefficient (Wildman–Crippen LogP) is 2.96. The Bertz CT molecular complexity index is 612. The van der Waals surface area contributed by atoms with E-state index in [4.69, 9.17) is 0 Å². The highest BCUT2D eigenvalue weighted by atomic mass is 15.3. The highest BCUT2D eigenvalue weighted by molar-refractivity contribution is 5.69. The third kappa shape index (κ3) is 1.95. The van der Waals surface area contributed by atoms with E-state index in [2.05, 4.69) is 16.5 Å². The number of rotatable bonds is 2. The zero-order valence-corrected chi connectivity index (χ0v) is 11.1. The average Bonchev–Trinajstić information content (AvgIpc) is 2.58. The van der Waals surface area contributed by atoms with Gasteiger partial charge in [0.2, 0.25) is 0 Å². The number of nitriles is 1. The van der Waals surface area contributed by atoms with E-state index in [-0.39, 0.29) is 0 Å². The number of anilines is 2. The molecule has 0 saturated carbocycles. The van der Waals surface area contributed by atoms with Crippen molar-refractivity contribution in [3.63, 3.8) is 0 Å². The molecule has 0 spiro atoms. The van der Waals surface area contributed by atoms with Crippen LogP contribution in [0, 0.1) is 32.1 Å². The minimum absolute atomic E-state index is 0.597. The van der Waals surface area contributed by atoms with Gasteiger partial charge in [-0.25, -0.2) is 0 Å². The van der Waals surface area contributed by atoms with Gasteiger partial charge in [0.15, 0.2) is 0 Å². The van der Waals surface area contributed by atoms with Gasteiger partial charge in [-0.3, -0.25) is 4.68 Å². The molecule has 0 fully saturated rings. The van der Waals surface area contributed by atoms with Crippen molar-refractivity contribution in [3.05, 3.63) is 40.6 Å². The lowest BCUT2D eigenvalue weighted by molar-refractivity contribution is 0.764. The maximum absolute atomic E-state index is 9.19. The summed E-state index contributed by atoms with van der Waals surface area (Å²) in [5, 5.41) is 16.8. The molecule has 0 radical (unpaired) electrons. The fraction of sp³-hybridized carbons (Fsp3) is 0.286. The van der Waals surface area contributed by atoms with Gasteiger partial charge in [0.1, 0.15) is 17.5 Å². The van der Waals surface area contributed by atoms with Crippen LogP contribution in [-0.4, -0.2) is 9.78 Å². The van der Waals surface area contributed by atoms with Gasteiger partial charge in [-0.1, -0.05) is 18.2 Å². The smallest absolute Gasteiger partial charge is 0.146 e. The number of benzene rings is 1. The first kappa shape index (κ1) is 12.2. The van der Waals surface area contributed by atoms with Crippen LogP contribution in [0.2, 0.25) is 0 Å². The Morgan fingerprint density at radius 3 is 2.39 bits per heavy atom. The van der Waals surface area contributed by atoms with E-state index in [0.717, 1.165) is 28.3 Å². The number of aromatic nitrogens is 2. The summed E-state index contributed by atoms with van der Waals surface area (Å²) in [6.45, 7) is 5.93. The van der Waals surface area contributed by atoms with E-state index >= 15 is 0 Å². The Hall–Kier alpha value is -2.28. The molecule has 2 rings (SSSR count). The van der Waals surface area contributed by atoms with Crippen LogP contribution in [0.1, 0.15) is 22.4 Å². The van der Waals surface area contributed by atoms with Crippen molar-refractivity contribution in [3.8, 4) is 6.07 Å². The van der Waals surface area contributed by atoms with Gasteiger partial charge in [0.05, 0.1) is 5.69 Å². The topological polar surface area (TPSA) is 53.6 Å². The van der Waals surface area contributed by atoms with Crippen molar-refractivity contribution in [2.24, 2.45) is 7.05 Å². The number of para-hydroxylation sites is 1. The number of hydrogen-bond donors (Lipinski definition) is 1. The molecule has 0 atom stereocenters. The lowest BCUT2D eigenvalue weighted by Gasteiger charge is -2.12. The van der Waals surface area contributed by atoms with Crippen LogP contribution in [0.25, 0.3) is 0 Å². The SMILES string of the molecule is Cc1cccc(C)c1Nc1c(C#N)c(C)nn1C. The van der Waals surface area contributed by atoms with Crippen molar-refractivity contribution in [2.45, 2.75) is 20.8 Å². The molecule has 4 heteroatoms. The third-order valence-corrected chi connectivity index (χ3v) is 3.06. The van der Waals surface area contributed by atoms with E-state index in [1.807, 2.05) is 46.0 Å². The average molecular weight is 240 g/mol. The molecule has 0 aliphatic carbocycles. The minimum atomic E-state index is 0.597. The molecule has 0 bridgehead atoms. The molecule has 1 heterocycles. The fourth-order valence-electron chi connectivity index (χ4n) is 2.07. The second-order valence-electron chi connectivity index (χ2n) is 4.44. The number of nitrogens with zero attached hydrogens (tertiary/aromatic N) is 3. The molecule has 1 N–H and O–H groups in total. The van der Waals surface area contributed by atoms with Gasteiger partial charge in [-0.05, 0) is 31.9 Å². The molecule has 1 aromatic heterocycles. The van der Waals surface area contributed by atoms with Gasteiger partial charge < -0.3 is 5.32 Å². The fourth-order valence-corrected chi connectivity index (χ4v) is 2.07. The highest BCUT2D eigenvalue weighted by Gasteiger charge is 2.14. The minimum Gasteiger partial charge on any atom is -0.339 e. The Morgan fingerprint density at radius 1 is 1.22 bits per heavy atom. The number of aryl methyl sites for hydroxylation is 4. The van der Waals surface area contributed by atoms with Crippen molar-refractivity contribution >= 4 is 11.5 Å². The molecule has 0 saturated heterocycles. The van der Waals surface area contributed by atoms with Gasteiger partial charge in [0, 0.05) is 12.7 Å². The van der Waals surface area contributed by atoms with Crippen LogP contribution in [0.3, 0.4) is 0 Å². The lowest BCUT2D eigenvalue weighted by Crippen LogP contribution is -2.03. The first-order chi connectivity index (χ1) is 8.54. The van der Waals surface area contributed by atoms with E-state index in [9.17, 15) is 5.26 Å². The Labute approximate surface area is 107 Å². The molecule has 0 aliphatic rings. The number of hydrogen-bond acceptors (Lipinski definition) is 3. The number of nitrogens with one attached hydrogen (secondary N) is 1. The standard InChI is InChI=1S/C14H16N4/c1-9-6-5-7-10(2)13(9)16-14-12(8-15)11(3)17-18(14)4/h5-7,16H,1-4H3. The summed E-state index contributed by atoms with van der Waals surface area (Å²) >= 11 is 0. The second-order valence-corrected chi connectivity index (χ2v) is 4.44. The summed E-state index contributed by atoms with van der Waals surface area (Å²) in [4.78, 5) is 0. The Balaban J connectivity index is 2.50. The molecule has 0 amide bonds. The van der Waals surface area contributed by atoms with Crippen LogP contribution in [0.5, 0.6) is 0 Å². The monoisotopic (exact) mass is 240 g/mol. The normalized spacial score (nSPS) is 10.2. The van der Waals surface area contributed by atoms with Crippen LogP contribution < -0.4 is 5.32 Å². The molecule has 0 unspecified atom stereocenters. The maximum Gasteiger partial charge on any atom is 0.146 e. The lowest BCUT2D eigenvalue weighted by atomic mass is 10.1. The second kappa shape index (κ2) is 4.53. The molecule has 4 nitrogen and oxygen atoms in total. The molecular formula is C14H16N4. The van der Waals surface area contributed by atoms with E-state index in [1.54, 1.807) is 4.68 Å². The largest absolute Gasteiger partial charge is 0.339 e. The first-order valence-corrected chi connectivity index (χ1v) is 5.81. The predicted molar refractivity (Wildman–Crippen MR) is 71.9 cm³/mol. The van der Waals surface area contributed by atoms with E-state index in [1.165, 1.54) is 0 Å². The molecule has 0 aliphatic heterocycles. The van der Waals surface area contributed by atoms with Crippen LogP contribution in [0.4, 0.5) is 11.5 Å². The highest BCUT2D eigenvalue weighted by Crippen LogP contribution is 2.27. The summed E-state index contributed by atoms with van der Waals surface area (Å²) in [5.41, 5.74) is 4.68. The zero-order chi connectivity index (χ0) is 13.3. The van der Waals surface area contributed by atoms with Crippen molar-refractivity contribution in [1.82, 2.24) is 9.78 Å². The van der Waals surface area contributed by atoms with E-state index in [0.29, 0.717) is 5.56 Å². The van der Waals surface area contributed by atoms with Crippen LogP contribution >= 0.6 is 0 Å². The molecule has 1 aromatic carbocycles. The maximum atomic E-state index is 9.19. The van der Waals surface area contributed by atoms with Gasteiger partial charge in [-0.15, -0.1) is 0 Å². The first-order valence-electron chi connectivity index (χ1n) is 5.81. The molecule has 92 valence electrons. The van der Waals surface area contributed by atoms with Gasteiger partial charge in [0.25, 0.3) is 0 Å². The Kier molecular flexibility index (Phi) is 3.07. The Morgan fingerprint density at radius 2 is 1.83 bits per heavy atom. The quantitative estimate of drug-likeness (QED) is 0.878. The summed E-state index contributed by atoms with van der Waals surface area (Å²) in [6, 6.07) is 8.31. The van der Waals surface area contributed by atoms with Crippen molar-refractivity contribution in [1.29, 1.82) is 5.26 Å².